The average Bonchev–Trinajstić information content (AvgIpc) is 2.36. The van der Waals surface area contributed by atoms with Crippen LogP contribution in [0.1, 0.15) is 20.3 Å². The fourth-order valence-electron chi connectivity index (χ4n) is 3.04. The van der Waals surface area contributed by atoms with Crippen LogP contribution in [0.15, 0.2) is 24.3 Å². The van der Waals surface area contributed by atoms with E-state index >= 15 is 0 Å². The maximum Gasteiger partial charge on any atom is 0.165 e. The van der Waals surface area contributed by atoms with Crippen LogP contribution in [0.3, 0.4) is 0 Å². The molecule has 1 heterocycles. The Bertz CT molecular complexity index is 417. The molecule has 0 aliphatic carbocycles. The van der Waals surface area contributed by atoms with E-state index in [1.54, 1.807) is 18.2 Å². The number of nitrogens with zero attached hydrogens (tertiary/aromatic N) is 1. The fraction of sp³-hybridized carbons (Fsp3) is 0.625. The summed E-state index contributed by atoms with van der Waals surface area (Å²) in [6.45, 7) is 7.22. The van der Waals surface area contributed by atoms with Gasteiger partial charge in [-0.25, -0.2) is 4.39 Å². The summed E-state index contributed by atoms with van der Waals surface area (Å²) >= 11 is 0. The minimum Gasteiger partial charge on any atom is -0.488 e. The van der Waals surface area contributed by atoms with Crippen molar-refractivity contribution in [3.8, 4) is 5.75 Å². The van der Waals surface area contributed by atoms with Crippen LogP contribution in [0.4, 0.5) is 4.39 Å². The highest BCUT2D eigenvalue weighted by molar-refractivity contribution is 5.23. The van der Waals surface area contributed by atoms with Crippen molar-refractivity contribution in [1.82, 2.24) is 4.90 Å². The zero-order valence-electron chi connectivity index (χ0n) is 12.3. The van der Waals surface area contributed by atoms with Gasteiger partial charge in [-0.2, -0.15) is 0 Å². The van der Waals surface area contributed by atoms with Gasteiger partial charge in [-0.1, -0.05) is 26.0 Å². The number of para-hydroxylation sites is 1. The summed E-state index contributed by atoms with van der Waals surface area (Å²) in [6.07, 6.45) is 0.658. The molecule has 20 heavy (non-hydrogen) atoms. The second-order valence-corrected chi connectivity index (χ2v) is 6.06. The normalized spacial score (nSPS) is 25.4. The predicted octanol–water partition coefficient (Wildman–Crippen LogP) is 2.54. The molecule has 3 nitrogen and oxygen atoms in total. The van der Waals surface area contributed by atoms with Gasteiger partial charge >= 0.3 is 0 Å². The summed E-state index contributed by atoms with van der Waals surface area (Å²) in [7, 11) is 0. The van der Waals surface area contributed by atoms with Crippen LogP contribution in [0.5, 0.6) is 5.75 Å². The minimum atomic E-state index is -0.591. The lowest BCUT2D eigenvalue weighted by atomic mass is 9.92. The number of benzene rings is 1. The third kappa shape index (κ3) is 4.46. The van der Waals surface area contributed by atoms with Crippen molar-refractivity contribution >= 4 is 0 Å². The topological polar surface area (TPSA) is 32.7 Å². The highest BCUT2D eigenvalue weighted by Crippen LogP contribution is 2.21. The first-order valence-corrected chi connectivity index (χ1v) is 7.32. The van der Waals surface area contributed by atoms with Crippen LogP contribution in [-0.4, -0.2) is 42.4 Å². The maximum atomic E-state index is 13.4. The molecule has 1 aromatic rings. The first-order chi connectivity index (χ1) is 9.54. The zero-order chi connectivity index (χ0) is 14.5. The summed E-state index contributed by atoms with van der Waals surface area (Å²) < 4.78 is 18.7. The second-order valence-electron chi connectivity index (χ2n) is 6.06. The smallest absolute Gasteiger partial charge is 0.165 e. The van der Waals surface area contributed by atoms with E-state index in [-0.39, 0.29) is 18.2 Å². The number of aliphatic hydroxyl groups is 1. The molecule has 0 bridgehead atoms. The van der Waals surface area contributed by atoms with Crippen LogP contribution in [0.2, 0.25) is 0 Å². The van der Waals surface area contributed by atoms with Gasteiger partial charge in [-0.15, -0.1) is 0 Å². The van der Waals surface area contributed by atoms with Crippen LogP contribution >= 0.6 is 0 Å². The zero-order valence-corrected chi connectivity index (χ0v) is 12.3. The number of likely N-dealkylation sites (tertiary alicyclic amines) is 1. The van der Waals surface area contributed by atoms with Crippen molar-refractivity contribution < 1.29 is 14.2 Å². The molecule has 0 aromatic heterocycles. The molecule has 2 rings (SSSR count). The van der Waals surface area contributed by atoms with Crippen molar-refractivity contribution in [2.75, 3.05) is 26.2 Å². The number of β-amino-alcohol motifs (C(OH)–C–C–N with tert-alkyl or cyclic N) is 1. The van der Waals surface area contributed by atoms with E-state index in [9.17, 15) is 9.50 Å². The number of ether oxygens (including phenoxy) is 1. The Morgan fingerprint density at radius 2 is 1.95 bits per heavy atom. The molecule has 112 valence electrons. The molecule has 0 saturated carbocycles. The van der Waals surface area contributed by atoms with Crippen LogP contribution in [0, 0.1) is 17.7 Å². The molecule has 1 fully saturated rings. The van der Waals surface area contributed by atoms with E-state index in [4.69, 9.17) is 4.74 Å². The Balaban J connectivity index is 1.78. The Kier molecular flexibility index (Phi) is 5.38. The summed E-state index contributed by atoms with van der Waals surface area (Å²) in [6, 6.07) is 6.27. The Labute approximate surface area is 120 Å². The van der Waals surface area contributed by atoms with Crippen LogP contribution in [0.25, 0.3) is 0 Å². The number of piperidine rings is 1. The molecule has 3 atom stereocenters. The quantitative estimate of drug-likeness (QED) is 0.900. The van der Waals surface area contributed by atoms with Gasteiger partial charge in [0.25, 0.3) is 0 Å². The van der Waals surface area contributed by atoms with Gasteiger partial charge in [0.1, 0.15) is 12.7 Å². The largest absolute Gasteiger partial charge is 0.488 e. The van der Waals surface area contributed by atoms with Gasteiger partial charge in [0.15, 0.2) is 11.6 Å². The molecule has 0 radical (unpaired) electrons. The lowest BCUT2D eigenvalue weighted by Gasteiger charge is -2.35. The lowest BCUT2D eigenvalue weighted by Crippen LogP contribution is -2.44. The van der Waals surface area contributed by atoms with E-state index in [0.717, 1.165) is 13.1 Å². The highest BCUT2D eigenvalue weighted by Gasteiger charge is 2.23. The molecule has 1 aliphatic rings. The molecule has 1 saturated heterocycles. The van der Waals surface area contributed by atoms with E-state index in [2.05, 4.69) is 18.7 Å². The number of halogens is 1. The number of rotatable bonds is 5. The van der Waals surface area contributed by atoms with Crippen molar-refractivity contribution in [3.05, 3.63) is 30.1 Å². The second kappa shape index (κ2) is 7.04. The van der Waals surface area contributed by atoms with Gasteiger partial charge in [-0.3, -0.25) is 0 Å². The first kappa shape index (κ1) is 15.3. The van der Waals surface area contributed by atoms with Crippen LogP contribution in [-0.2, 0) is 0 Å². The summed E-state index contributed by atoms with van der Waals surface area (Å²) in [5.74, 6) is 1.14. The molecule has 0 amide bonds. The van der Waals surface area contributed by atoms with E-state index in [0.29, 0.717) is 18.4 Å². The Hall–Kier alpha value is -1.13. The van der Waals surface area contributed by atoms with Gasteiger partial charge in [0.2, 0.25) is 0 Å². The molecule has 1 N–H and O–H groups in total. The first-order valence-electron chi connectivity index (χ1n) is 7.32. The van der Waals surface area contributed by atoms with Gasteiger partial charge in [0, 0.05) is 19.6 Å². The lowest BCUT2D eigenvalue weighted by molar-refractivity contribution is 0.0420. The van der Waals surface area contributed by atoms with E-state index < -0.39 is 6.10 Å². The standard InChI is InChI=1S/C16H24FNO2/c1-12-7-13(2)9-18(8-12)10-14(19)11-20-16-6-4-3-5-15(16)17/h3-6,12-14,19H,7-11H2,1-2H3/t12-,13+,14-/m1/s1. The number of aliphatic hydroxyl groups excluding tert-OH is 1. The van der Waals surface area contributed by atoms with Crippen molar-refractivity contribution in [3.63, 3.8) is 0 Å². The molecular formula is C16H24FNO2. The van der Waals surface area contributed by atoms with Gasteiger partial charge in [0.05, 0.1) is 0 Å². The molecule has 1 aliphatic heterocycles. The Morgan fingerprint density at radius 1 is 1.30 bits per heavy atom. The van der Waals surface area contributed by atoms with E-state index in [1.165, 1.54) is 12.5 Å². The van der Waals surface area contributed by atoms with Crippen molar-refractivity contribution in [2.45, 2.75) is 26.4 Å². The monoisotopic (exact) mass is 281 g/mol. The van der Waals surface area contributed by atoms with Gasteiger partial charge in [-0.05, 0) is 30.4 Å². The van der Waals surface area contributed by atoms with Crippen molar-refractivity contribution in [1.29, 1.82) is 0 Å². The van der Waals surface area contributed by atoms with E-state index in [1.807, 2.05) is 0 Å². The third-order valence-electron chi connectivity index (χ3n) is 3.68. The minimum absolute atomic E-state index is 0.125. The SMILES string of the molecule is C[C@@H]1C[C@H](C)CN(C[C@@H](O)COc2ccccc2F)C1. The summed E-state index contributed by atoms with van der Waals surface area (Å²) in [5.41, 5.74) is 0. The molecule has 4 heteroatoms. The third-order valence-corrected chi connectivity index (χ3v) is 3.68. The average molecular weight is 281 g/mol. The summed E-state index contributed by atoms with van der Waals surface area (Å²) in [4.78, 5) is 2.27. The highest BCUT2D eigenvalue weighted by atomic mass is 19.1. The predicted molar refractivity (Wildman–Crippen MR) is 77.3 cm³/mol. The van der Waals surface area contributed by atoms with Crippen LogP contribution < -0.4 is 4.74 Å². The molecular weight excluding hydrogens is 257 g/mol. The number of hydrogen-bond donors (Lipinski definition) is 1. The Morgan fingerprint density at radius 3 is 2.60 bits per heavy atom. The molecule has 1 aromatic carbocycles. The molecule has 0 spiro atoms. The number of hydrogen-bond acceptors (Lipinski definition) is 3. The molecule has 0 unspecified atom stereocenters. The van der Waals surface area contributed by atoms with Gasteiger partial charge < -0.3 is 14.7 Å². The maximum absolute atomic E-state index is 13.4. The fourth-order valence-corrected chi connectivity index (χ4v) is 3.04. The summed E-state index contributed by atoms with van der Waals surface area (Å²) in [5, 5.41) is 10.0. The van der Waals surface area contributed by atoms with Crippen molar-refractivity contribution in [2.24, 2.45) is 11.8 Å².